The maximum atomic E-state index is 13.4. The molecule has 2 N–H and O–H groups in total. The van der Waals surface area contributed by atoms with Crippen LogP contribution < -0.4 is 5.73 Å². The van der Waals surface area contributed by atoms with Crippen molar-refractivity contribution < 1.29 is 4.39 Å². The molecule has 1 aromatic carbocycles. The van der Waals surface area contributed by atoms with E-state index in [0.717, 1.165) is 11.5 Å². The third-order valence-electron chi connectivity index (χ3n) is 5.01. The molecule has 2 nitrogen and oxygen atoms in total. The maximum Gasteiger partial charge on any atom is 0.137 e. The first-order valence-electron chi connectivity index (χ1n) is 7.93. The van der Waals surface area contributed by atoms with Crippen molar-refractivity contribution in [3.05, 3.63) is 34.1 Å². The van der Waals surface area contributed by atoms with Crippen molar-refractivity contribution in [2.45, 2.75) is 51.1 Å². The molecular weight excluding hydrogens is 331 g/mol. The van der Waals surface area contributed by atoms with Crippen LogP contribution in [0.5, 0.6) is 0 Å². The van der Waals surface area contributed by atoms with Crippen LogP contribution in [-0.4, -0.2) is 24.5 Å². The Labute approximate surface area is 136 Å². The van der Waals surface area contributed by atoms with E-state index in [0.29, 0.717) is 17.1 Å². The minimum atomic E-state index is -0.222. The Balaban J connectivity index is 2.08. The van der Waals surface area contributed by atoms with Gasteiger partial charge in [0.1, 0.15) is 5.82 Å². The third-order valence-corrected chi connectivity index (χ3v) is 5.62. The fourth-order valence-electron chi connectivity index (χ4n) is 3.47. The predicted octanol–water partition coefficient (Wildman–Crippen LogP) is 4.49. The van der Waals surface area contributed by atoms with E-state index < -0.39 is 0 Å². The highest BCUT2D eigenvalue weighted by Gasteiger charge is 2.27. The molecule has 0 amide bonds. The normalized spacial score (nSPS) is 24.3. The Bertz CT molecular complexity index is 458. The van der Waals surface area contributed by atoms with E-state index in [1.807, 2.05) is 12.1 Å². The minimum absolute atomic E-state index is 0.157. The molecule has 0 radical (unpaired) electrons. The van der Waals surface area contributed by atoms with Crippen LogP contribution in [0.3, 0.4) is 0 Å². The molecule has 0 heterocycles. The Morgan fingerprint density at radius 1 is 1.33 bits per heavy atom. The van der Waals surface area contributed by atoms with Crippen LogP contribution in [0, 0.1) is 11.7 Å². The molecule has 1 aliphatic rings. The average Bonchev–Trinajstić information content (AvgIpc) is 2.51. The van der Waals surface area contributed by atoms with Crippen molar-refractivity contribution in [3.63, 3.8) is 0 Å². The first-order valence-corrected chi connectivity index (χ1v) is 8.73. The zero-order valence-corrected chi connectivity index (χ0v) is 14.6. The first kappa shape index (κ1) is 16.9. The maximum absolute atomic E-state index is 13.4. The average molecular weight is 357 g/mol. The van der Waals surface area contributed by atoms with Crippen LogP contribution in [0.25, 0.3) is 0 Å². The number of nitrogens with two attached hydrogens (primary N) is 1. The van der Waals surface area contributed by atoms with Gasteiger partial charge in [-0.05, 0) is 72.3 Å². The molecule has 1 unspecified atom stereocenters. The molecular formula is C17H26BrFN2. The van der Waals surface area contributed by atoms with Crippen molar-refractivity contribution in [3.8, 4) is 0 Å². The number of hydrogen-bond donors (Lipinski definition) is 1. The SMILES string of the molecule is CCC1CCC(N(C)C(CN)c2ccc(F)c(Br)c2)CC1. The summed E-state index contributed by atoms with van der Waals surface area (Å²) in [6, 6.07) is 5.98. The summed E-state index contributed by atoms with van der Waals surface area (Å²) in [5.41, 5.74) is 7.09. The number of benzene rings is 1. The lowest BCUT2D eigenvalue weighted by Crippen LogP contribution is -2.40. The summed E-state index contributed by atoms with van der Waals surface area (Å²) in [4.78, 5) is 2.39. The lowest BCUT2D eigenvalue weighted by Gasteiger charge is -2.39. The molecule has 1 saturated carbocycles. The van der Waals surface area contributed by atoms with Crippen molar-refractivity contribution in [1.82, 2.24) is 4.90 Å². The standard InChI is InChI=1S/C17H26BrFN2/c1-3-12-4-7-14(8-5-12)21(2)17(11-20)13-6-9-16(19)15(18)10-13/h6,9-10,12,14,17H,3-5,7-8,11,20H2,1-2H3. The van der Waals surface area contributed by atoms with Crippen molar-refractivity contribution >= 4 is 15.9 Å². The summed E-state index contributed by atoms with van der Waals surface area (Å²) in [6.45, 7) is 2.84. The monoisotopic (exact) mass is 356 g/mol. The van der Waals surface area contributed by atoms with Crippen molar-refractivity contribution in [2.24, 2.45) is 11.7 Å². The van der Waals surface area contributed by atoms with Crippen LogP contribution in [0.1, 0.15) is 50.6 Å². The quantitative estimate of drug-likeness (QED) is 0.841. The van der Waals surface area contributed by atoms with Crippen LogP contribution in [0.2, 0.25) is 0 Å². The molecule has 1 atom stereocenters. The summed E-state index contributed by atoms with van der Waals surface area (Å²) in [7, 11) is 2.16. The van der Waals surface area contributed by atoms with E-state index in [2.05, 4.69) is 34.8 Å². The van der Waals surface area contributed by atoms with Gasteiger partial charge in [-0.3, -0.25) is 4.90 Å². The van der Waals surface area contributed by atoms with Crippen LogP contribution in [-0.2, 0) is 0 Å². The minimum Gasteiger partial charge on any atom is -0.329 e. The van der Waals surface area contributed by atoms with Gasteiger partial charge in [0.15, 0.2) is 0 Å². The fourth-order valence-corrected chi connectivity index (χ4v) is 3.87. The van der Waals surface area contributed by atoms with Crippen molar-refractivity contribution in [1.29, 1.82) is 0 Å². The zero-order chi connectivity index (χ0) is 15.4. The summed E-state index contributed by atoms with van der Waals surface area (Å²) < 4.78 is 13.9. The van der Waals surface area contributed by atoms with E-state index >= 15 is 0 Å². The smallest absolute Gasteiger partial charge is 0.137 e. The van der Waals surface area contributed by atoms with Gasteiger partial charge in [0.05, 0.1) is 4.47 Å². The van der Waals surface area contributed by atoms with Crippen LogP contribution >= 0.6 is 15.9 Å². The highest BCUT2D eigenvalue weighted by atomic mass is 79.9. The molecule has 0 bridgehead atoms. The van der Waals surface area contributed by atoms with E-state index in [1.165, 1.54) is 38.2 Å². The van der Waals surface area contributed by atoms with Crippen LogP contribution in [0.4, 0.5) is 4.39 Å². The molecule has 118 valence electrons. The second-order valence-corrected chi connectivity index (χ2v) is 7.03. The van der Waals surface area contributed by atoms with E-state index in [4.69, 9.17) is 5.73 Å². The summed E-state index contributed by atoms with van der Waals surface area (Å²) >= 11 is 3.27. The molecule has 0 spiro atoms. The number of rotatable bonds is 5. The Morgan fingerprint density at radius 3 is 2.52 bits per heavy atom. The summed E-state index contributed by atoms with van der Waals surface area (Å²) in [5, 5.41) is 0. The molecule has 1 aromatic rings. The third kappa shape index (κ3) is 4.05. The Hall–Kier alpha value is -0.450. The zero-order valence-electron chi connectivity index (χ0n) is 13.0. The topological polar surface area (TPSA) is 29.3 Å². The Morgan fingerprint density at radius 2 is 2.00 bits per heavy atom. The molecule has 2 rings (SSSR count). The number of hydrogen-bond acceptors (Lipinski definition) is 2. The lowest BCUT2D eigenvalue weighted by atomic mass is 9.83. The second kappa shape index (κ2) is 7.70. The molecule has 4 heteroatoms. The van der Waals surface area contributed by atoms with Gasteiger partial charge in [0, 0.05) is 18.6 Å². The molecule has 21 heavy (non-hydrogen) atoms. The second-order valence-electron chi connectivity index (χ2n) is 6.17. The highest BCUT2D eigenvalue weighted by Crippen LogP contribution is 2.33. The molecule has 1 fully saturated rings. The largest absolute Gasteiger partial charge is 0.329 e. The van der Waals surface area contributed by atoms with Gasteiger partial charge < -0.3 is 5.73 Å². The number of nitrogens with zero attached hydrogens (tertiary/aromatic N) is 1. The summed E-state index contributed by atoms with van der Waals surface area (Å²) in [5.74, 6) is 0.673. The molecule has 1 aliphatic carbocycles. The van der Waals surface area contributed by atoms with Crippen molar-refractivity contribution in [2.75, 3.05) is 13.6 Å². The number of halogens is 2. The number of likely N-dealkylation sites (N-methyl/N-ethyl adjacent to an activating group) is 1. The van der Waals surface area contributed by atoms with E-state index in [9.17, 15) is 4.39 Å². The van der Waals surface area contributed by atoms with Gasteiger partial charge in [0.25, 0.3) is 0 Å². The molecule has 0 saturated heterocycles. The van der Waals surface area contributed by atoms with Gasteiger partial charge >= 0.3 is 0 Å². The van der Waals surface area contributed by atoms with Gasteiger partial charge in [-0.2, -0.15) is 0 Å². The lowest BCUT2D eigenvalue weighted by molar-refractivity contribution is 0.122. The van der Waals surface area contributed by atoms with Gasteiger partial charge in [-0.15, -0.1) is 0 Å². The fraction of sp³-hybridized carbons (Fsp3) is 0.647. The molecule has 0 aliphatic heterocycles. The van der Waals surface area contributed by atoms with E-state index in [1.54, 1.807) is 0 Å². The van der Waals surface area contributed by atoms with Crippen LogP contribution in [0.15, 0.2) is 22.7 Å². The van der Waals surface area contributed by atoms with E-state index in [-0.39, 0.29) is 11.9 Å². The van der Waals surface area contributed by atoms with Gasteiger partial charge in [-0.25, -0.2) is 4.39 Å². The predicted molar refractivity (Wildman–Crippen MR) is 89.7 cm³/mol. The Kier molecular flexibility index (Phi) is 6.20. The molecule has 0 aromatic heterocycles. The highest BCUT2D eigenvalue weighted by molar-refractivity contribution is 9.10. The first-order chi connectivity index (χ1) is 10.1. The van der Waals surface area contributed by atoms with Gasteiger partial charge in [-0.1, -0.05) is 19.4 Å². The summed E-state index contributed by atoms with van der Waals surface area (Å²) in [6.07, 6.45) is 6.41. The van der Waals surface area contributed by atoms with Gasteiger partial charge in [0.2, 0.25) is 0 Å².